The minimum absolute atomic E-state index is 0.266. The van der Waals surface area contributed by atoms with Gasteiger partial charge in [0.05, 0.1) is 0 Å². The van der Waals surface area contributed by atoms with Crippen molar-refractivity contribution < 1.29 is 25.2 Å². The molecule has 0 spiro atoms. The molecule has 0 aliphatic heterocycles. The van der Waals surface area contributed by atoms with Crippen LogP contribution in [-0.4, -0.2) is 32.4 Å². The summed E-state index contributed by atoms with van der Waals surface area (Å²) in [5, 5.41) is 37.3. The van der Waals surface area contributed by atoms with E-state index in [1.807, 2.05) is 0 Å². The lowest BCUT2D eigenvalue weighted by Crippen LogP contribution is -2.41. The molecule has 1 aromatic rings. The Morgan fingerprint density at radius 2 is 1.82 bits per heavy atom. The molecular formula is C11H13NO5. The lowest BCUT2D eigenvalue weighted by atomic mass is 9.87. The second-order valence-electron chi connectivity index (χ2n) is 4.30. The van der Waals surface area contributed by atoms with E-state index in [-0.39, 0.29) is 5.56 Å². The van der Waals surface area contributed by atoms with Crippen LogP contribution in [0.15, 0.2) is 12.1 Å². The number of hydrogen-bond donors (Lipinski definition) is 5. The van der Waals surface area contributed by atoms with Gasteiger partial charge in [0.2, 0.25) is 5.75 Å². The van der Waals surface area contributed by atoms with E-state index < -0.39 is 34.7 Å². The van der Waals surface area contributed by atoms with Gasteiger partial charge >= 0.3 is 5.97 Å². The van der Waals surface area contributed by atoms with Gasteiger partial charge in [-0.15, -0.1) is 0 Å². The Kier molecular flexibility index (Phi) is 2.39. The summed E-state index contributed by atoms with van der Waals surface area (Å²) in [5.41, 5.74) is 5.01. The fourth-order valence-corrected chi connectivity index (χ4v) is 2.09. The van der Waals surface area contributed by atoms with Crippen molar-refractivity contribution in [1.82, 2.24) is 0 Å². The van der Waals surface area contributed by atoms with Gasteiger partial charge in [-0.05, 0) is 18.9 Å². The third-order valence-corrected chi connectivity index (χ3v) is 3.32. The van der Waals surface area contributed by atoms with Gasteiger partial charge in [-0.1, -0.05) is 6.07 Å². The third-order valence-electron chi connectivity index (χ3n) is 3.32. The van der Waals surface area contributed by atoms with Crippen LogP contribution in [0.5, 0.6) is 17.2 Å². The van der Waals surface area contributed by atoms with Gasteiger partial charge in [0.25, 0.3) is 0 Å². The Morgan fingerprint density at radius 3 is 2.29 bits per heavy atom. The first-order valence-electron chi connectivity index (χ1n) is 5.13. The Hall–Kier alpha value is -1.95. The maximum Gasteiger partial charge on any atom is 0.321 e. The van der Waals surface area contributed by atoms with Crippen LogP contribution in [0, 0.1) is 0 Å². The predicted octanol–water partition coefficient (Wildman–Crippen LogP) is 0.247. The van der Waals surface area contributed by atoms with Gasteiger partial charge in [-0.2, -0.15) is 0 Å². The van der Waals surface area contributed by atoms with E-state index in [1.54, 1.807) is 0 Å². The van der Waals surface area contributed by atoms with Crippen molar-refractivity contribution >= 4 is 5.97 Å². The molecule has 1 aliphatic rings. The summed E-state index contributed by atoms with van der Waals surface area (Å²) in [6.07, 6.45) is 1.05. The van der Waals surface area contributed by atoms with Crippen LogP contribution in [0.2, 0.25) is 0 Å². The summed E-state index contributed by atoms with van der Waals surface area (Å²) in [5.74, 6) is -2.76. The Labute approximate surface area is 96.9 Å². The van der Waals surface area contributed by atoms with Crippen molar-refractivity contribution in [3.05, 3.63) is 17.7 Å². The molecule has 0 aromatic heterocycles. The van der Waals surface area contributed by atoms with E-state index >= 15 is 0 Å². The van der Waals surface area contributed by atoms with Crippen molar-refractivity contribution in [2.45, 2.75) is 24.3 Å². The van der Waals surface area contributed by atoms with Gasteiger partial charge < -0.3 is 26.2 Å². The molecule has 1 fully saturated rings. The molecule has 6 N–H and O–H groups in total. The first kappa shape index (κ1) is 11.5. The van der Waals surface area contributed by atoms with E-state index in [0.29, 0.717) is 12.8 Å². The van der Waals surface area contributed by atoms with Crippen molar-refractivity contribution in [3.63, 3.8) is 0 Å². The molecule has 0 heterocycles. The molecule has 1 atom stereocenters. The van der Waals surface area contributed by atoms with Gasteiger partial charge in [0.1, 0.15) is 6.04 Å². The molecule has 92 valence electrons. The summed E-state index contributed by atoms with van der Waals surface area (Å²) in [4.78, 5) is 10.9. The van der Waals surface area contributed by atoms with Gasteiger partial charge in [0.15, 0.2) is 11.5 Å². The van der Waals surface area contributed by atoms with E-state index in [0.717, 1.165) is 0 Å². The van der Waals surface area contributed by atoms with E-state index in [2.05, 4.69) is 0 Å². The van der Waals surface area contributed by atoms with Gasteiger partial charge in [-0.3, -0.25) is 4.79 Å². The number of carboxylic acid groups (broad SMARTS) is 1. The summed E-state index contributed by atoms with van der Waals surface area (Å²) in [7, 11) is 0. The zero-order valence-electron chi connectivity index (χ0n) is 8.92. The maximum absolute atomic E-state index is 10.9. The van der Waals surface area contributed by atoms with Crippen molar-refractivity contribution in [3.8, 4) is 17.2 Å². The highest BCUT2D eigenvalue weighted by Gasteiger charge is 2.54. The molecule has 1 saturated carbocycles. The number of aromatic hydroxyl groups is 3. The molecule has 0 radical (unpaired) electrons. The fourth-order valence-electron chi connectivity index (χ4n) is 2.09. The number of nitrogens with two attached hydrogens (primary N) is 1. The Morgan fingerprint density at radius 1 is 1.24 bits per heavy atom. The van der Waals surface area contributed by atoms with Crippen LogP contribution in [0.25, 0.3) is 0 Å². The average Bonchev–Trinajstić information content (AvgIpc) is 3.06. The molecule has 1 unspecified atom stereocenters. The van der Waals surface area contributed by atoms with E-state index in [1.165, 1.54) is 12.1 Å². The van der Waals surface area contributed by atoms with Crippen molar-refractivity contribution in [2.75, 3.05) is 0 Å². The topological polar surface area (TPSA) is 124 Å². The maximum atomic E-state index is 10.9. The van der Waals surface area contributed by atoms with Crippen LogP contribution in [0.1, 0.15) is 18.4 Å². The molecule has 6 nitrogen and oxygen atoms in total. The minimum Gasteiger partial charge on any atom is -0.504 e. The SMILES string of the molecule is NC(C(=O)O)C1(c2ccc(O)c(O)c2O)CC1. The Balaban J connectivity index is 2.48. The number of phenolic OH excluding ortho intramolecular Hbond substituents is 3. The molecule has 1 aliphatic carbocycles. The monoisotopic (exact) mass is 239 g/mol. The molecule has 17 heavy (non-hydrogen) atoms. The number of phenols is 3. The highest BCUT2D eigenvalue weighted by molar-refractivity contribution is 5.77. The molecule has 0 bridgehead atoms. The summed E-state index contributed by atoms with van der Waals surface area (Å²) in [6.45, 7) is 0. The number of rotatable bonds is 3. The van der Waals surface area contributed by atoms with Crippen LogP contribution in [-0.2, 0) is 10.2 Å². The van der Waals surface area contributed by atoms with Crippen molar-refractivity contribution in [1.29, 1.82) is 0 Å². The van der Waals surface area contributed by atoms with Crippen LogP contribution in [0.3, 0.4) is 0 Å². The van der Waals surface area contributed by atoms with Crippen LogP contribution in [0.4, 0.5) is 0 Å². The standard InChI is InChI=1S/C11H13NO5/c12-9(10(16)17)11(3-4-11)5-1-2-6(13)8(15)7(5)14/h1-2,9,13-15H,3-4,12H2,(H,16,17). The predicted molar refractivity (Wildman–Crippen MR) is 58.0 cm³/mol. The molecule has 2 rings (SSSR count). The quantitative estimate of drug-likeness (QED) is 0.481. The average molecular weight is 239 g/mol. The van der Waals surface area contributed by atoms with Crippen LogP contribution < -0.4 is 5.73 Å². The smallest absolute Gasteiger partial charge is 0.321 e. The van der Waals surface area contributed by atoms with Crippen molar-refractivity contribution in [2.24, 2.45) is 5.73 Å². The first-order valence-corrected chi connectivity index (χ1v) is 5.13. The third kappa shape index (κ3) is 1.57. The molecule has 6 heteroatoms. The molecule has 0 amide bonds. The number of benzene rings is 1. The number of hydrogen-bond acceptors (Lipinski definition) is 5. The highest BCUT2D eigenvalue weighted by atomic mass is 16.4. The van der Waals surface area contributed by atoms with E-state index in [9.17, 15) is 20.1 Å². The zero-order chi connectivity index (χ0) is 12.8. The van der Waals surface area contributed by atoms with Gasteiger partial charge in [0, 0.05) is 11.0 Å². The fraction of sp³-hybridized carbons (Fsp3) is 0.364. The summed E-state index contributed by atoms with van der Waals surface area (Å²) >= 11 is 0. The summed E-state index contributed by atoms with van der Waals surface area (Å²) < 4.78 is 0. The summed E-state index contributed by atoms with van der Waals surface area (Å²) in [6, 6.07) is 1.46. The molecule has 0 saturated heterocycles. The molecule has 1 aromatic carbocycles. The largest absolute Gasteiger partial charge is 0.504 e. The van der Waals surface area contributed by atoms with Gasteiger partial charge in [-0.25, -0.2) is 0 Å². The Bertz CT molecular complexity index is 481. The normalized spacial score (nSPS) is 18.6. The zero-order valence-corrected chi connectivity index (χ0v) is 8.92. The minimum atomic E-state index is -1.16. The van der Waals surface area contributed by atoms with Crippen LogP contribution >= 0.6 is 0 Å². The van der Waals surface area contributed by atoms with E-state index in [4.69, 9.17) is 10.8 Å². The number of aliphatic carboxylic acids is 1. The number of carbonyl (C=O) groups is 1. The number of carboxylic acids is 1. The highest BCUT2D eigenvalue weighted by Crippen LogP contribution is 2.55. The lowest BCUT2D eigenvalue weighted by molar-refractivity contribution is -0.139. The lowest BCUT2D eigenvalue weighted by Gasteiger charge is -2.21. The second-order valence-corrected chi connectivity index (χ2v) is 4.30. The second kappa shape index (κ2) is 3.53. The first-order chi connectivity index (χ1) is 7.90. The molecular weight excluding hydrogens is 226 g/mol.